The van der Waals surface area contributed by atoms with E-state index in [0.29, 0.717) is 5.89 Å². The Morgan fingerprint density at radius 1 is 1.27 bits per heavy atom. The van der Waals surface area contributed by atoms with Gasteiger partial charge in [-0.05, 0) is 12.1 Å². The topological polar surface area (TPSA) is 49.5 Å². The van der Waals surface area contributed by atoms with Gasteiger partial charge in [0.05, 0.1) is 5.56 Å². The molecule has 15 heavy (non-hydrogen) atoms. The van der Waals surface area contributed by atoms with Gasteiger partial charge >= 0.3 is 0 Å². The van der Waals surface area contributed by atoms with Gasteiger partial charge in [-0.25, -0.2) is 0 Å². The first-order valence-corrected chi connectivity index (χ1v) is 4.59. The molecule has 1 aromatic carbocycles. The Hall–Kier alpha value is -1.97. The van der Waals surface area contributed by atoms with Gasteiger partial charge < -0.3 is 14.4 Å². The van der Waals surface area contributed by atoms with Gasteiger partial charge in [0.2, 0.25) is 5.89 Å². The van der Waals surface area contributed by atoms with Crippen molar-refractivity contribution in [2.45, 2.75) is 0 Å². The van der Waals surface area contributed by atoms with E-state index in [9.17, 15) is 0 Å². The molecule has 1 heterocycles. The lowest BCUT2D eigenvalue weighted by atomic mass is 10.1. The van der Waals surface area contributed by atoms with Crippen LogP contribution >= 0.6 is 0 Å². The number of benzene rings is 1. The highest BCUT2D eigenvalue weighted by Gasteiger charge is 2.11. The number of para-hydroxylation sites is 1. The summed E-state index contributed by atoms with van der Waals surface area (Å²) in [5, 5.41) is 9.13. The summed E-state index contributed by atoms with van der Waals surface area (Å²) < 4.78 is 5.15. The van der Waals surface area contributed by atoms with E-state index >= 15 is 0 Å². The van der Waals surface area contributed by atoms with Crippen molar-refractivity contribution in [2.75, 3.05) is 19.0 Å². The number of nitrogens with zero attached hydrogens (tertiary/aromatic N) is 2. The zero-order valence-electron chi connectivity index (χ0n) is 8.64. The molecular formula is C11H12N2O2. The quantitative estimate of drug-likeness (QED) is 0.814. The molecule has 4 nitrogen and oxygen atoms in total. The van der Waals surface area contributed by atoms with Crippen LogP contribution < -0.4 is 4.90 Å². The summed E-state index contributed by atoms with van der Waals surface area (Å²) in [6.07, 6.45) is 1.22. The van der Waals surface area contributed by atoms with Gasteiger partial charge in [-0.2, -0.15) is 4.98 Å². The van der Waals surface area contributed by atoms with Crippen molar-refractivity contribution in [2.24, 2.45) is 0 Å². The minimum Gasteiger partial charge on any atom is -0.491 e. The van der Waals surface area contributed by atoms with Crippen molar-refractivity contribution in [3.63, 3.8) is 0 Å². The molecule has 0 fully saturated rings. The second kappa shape index (κ2) is 3.65. The summed E-state index contributed by atoms with van der Waals surface area (Å²) in [7, 11) is 3.89. The predicted molar refractivity (Wildman–Crippen MR) is 57.9 cm³/mol. The van der Waals surface area contributed by atoms with E-state index in [1.165, 1.54) is 6.26 Å². The second-order valence-corrected chi connectivity index (χ2v) is 3.42. The maximum Gasteiger partial charge on any atom is 0.250 e. The Kier molecular flexibility index (Phi) is 2.33. The highest BCUT2D eigenvalue weighted by atomic mass is 16.4. The SMILES string of the molecule is CN(C)c1ccccc1-c1nc(O)co1. The molecule has 0 spiro atoms. The molecule has 78 valence electrons. The fourth-order valence-electron chi connectivity index (χ4n) is 1.43. The lowest BCUT2D eigenvalue weighted by Gasteiger charge is -2.15. The largest absolute Gasteiger partial charge is 0.491 e. The van der Waals surface area contributed by atoms with Crippen LogP contribution in [0.2, 0.25) is 0 Å². The van der Waals surface area contributed by atoms with Crippen molar-refractivity contribution in [3.05, 3.63) is 30.5 Å². The number of oxazole rings is 1. The van der Waals surface area contributed by atoms with Crippen LogP contribution in [0, 0.1) is 0 Å². The van der Waals surface area contributed by atoms with E-state index in [-0.39, 0.29) is 5.88 Å². The van der Waals surface area contributed by atoms with E-state index in [0.717, 1.165) is 11.3 Å². The molecule has 2 rings (SSSR count). The van der Waals surface area contributed by atoms with Gasteiger partial charge in [0.1, 0.15) is 0 Å². The number of hydrogen-bond donors (Lipinski definition) is 1. The maximum absolute atomic E-state index is 9.13. The lowest BCUT2D eigenvalue weighted by Crippen LogP contribution is -2.09. The highest BCUT2D eigenvalue weighted by Crippen LogP contribution is 2.29. The first-order chi connectivity index (χ1) is 7.18. The fourth-order valence-corrected chi connectivity index (χ4v) is 1.43. The van der Waals surface area contributed by atoms with Crippen LogP contribution in [0.3, 0.4) is 0 Å². The summed E-state index contributed by atoms with van der Waals surface area (Å²) in [5.74, 6) is 0.329. The monoisotopic (exact) mass is 204 g/mol. The Balaban J connectivity index is 2.52. The number of aromatic hydroxyl groups is 1. The van der Waals surface area contributed by atoms with Crippen molar-refractivity contribution in [1.29, 1.82) is 0 Å². The van der Waals surface area contributed by atoms with E-state index in [1.54, 1.807) is 0 Å². The molecule has 1 N–H and O–H groups in total. The predicted octanol–water partition coefficient (Wildman–Crippen LogP) is 2.11. The summed E-state index contributed by atoms with van der Waals surface area (Å²) in [6, 6.07) is 7.72. The normalized spacial score (nSPS) is 10.3. The number of aromatic nitrogens is 1. The van der Waals surface area contributed by atoms with Gasteiger partial charge in [0.25, 0.3) is 5.88 Å². The van der Waals surface area contributed by atoms with E-state index < -0.39 is 0 Å². The average Bonchev–Trinajstić information content (AvgIpc) is 2.65. The third-order valence-corrected chi connectivity index (χ3v) is 2.11. The van der Waals surface area contributed by atoms with Crippen LogP contribution in [-0.2, 0) is 0 Å². The Bertz CT molecular complexity index is 463. The molecule has 0 bridgehead atoms. The van der Waals surface area contributed by atoms with Crippen molar-refractivity contribution in [3.8, 4) is 17.3 Å². The smallest absolute Gasteiger partial charge is 0.250 e. The Morgan fingerprint density at radius 2 is 2.00 bits per heavy atom. The maximum atomic E-state index is 9.13. The van der Waals surface area contributed by atoms with E-state index in [1.807, 2.05) is 43.3 Å². The Morgan fingerprint density at radius 3 is 2.60 bits per heavy atom. The second-order valence-electron chi connectivity index (χ2n) is 3.42. The molecule has 0 unspecified atom stereocenters. The minimum absolute atomic E-state index is 0.0986. The van der Waals surface area contributed by atoms with Crippen LogP contribution in [0.4, 0.5) is 5.69 Å². The molecule has 0 aliphatic carbocycles. The van der Waals surface area contributed by atoms with Gasteiger partial charge in [0, 0.05) is 19.8 Å². The van der Waals surface area contributed by atoms with E-state index in [2.05, 4.69) is 4.98 Å². The number of anilines is 1. The van der Waals surface area contributed by atoms with Crippen molar-refractivity contribution in [1.82, 2.24) is 4.98 Å². The third-order valence-electron chi connectivity index (χ3n) is 2.11. The summed E-state index contributed by atoms with van der Waals surface area (Å²) in [4.78, 5) is 5.86. The molecule has 0 radical (unpaired) electrons. The average molecular weight is 204 g/mol. The standard InChI is InChI=1S/C11H12N2O2/c1-13(2)9-6-4-3-5-8(9)11-12-10(14)7-15-11/h3-7,14H,1-2H3. The van der Waals surface area contributed by atoms with Crippen molar-refractivity contribution >= 4 is 5.69 Å². The molecule has 4 heteroatoms. The molecule has 1 aromatic heterocycles. The summed E-state index contributed by atoms with van der Waals surface area (Å²) in [6.45, 7) is 0. The molecular weight excluding hydrogens is 192 g/mol. The molecule has 0 aliphatic heterocycles. The minimum atomic E-state index is -0.0986. The Labute approximate surface area is 87.8 Å². The zero-order chi connectivity index (χ0) is 10.8. The first kappa shape index (κ1) is 9.58. The van der Waals surface area contributed by atoms with Crippen LogP contribution in [0.1, 0.15) is 0 Å². The van der Waals surface area contributed by atoms with Gasteiger partial charge in [-0.3, -0.25) is 0 Å². The number of rotatable bonds is 2. The molecule has 0 amide bonds. The fraction of sp³-hybridized carbons (Fsp3) is 0.182. The molecule has 2 aromatic rings. The molecule has 0 saturated carbocycles. The summed E-state index contributed by atoms with van der Waals surface area (Å²) >= 11 is 0. The molecule has 0 aliphatic rings. The summed E-state index contributed by atoms with van der Waals surface area (Å²) in [5.41, 5.74) is 1.86. The van der Waals surface area contributed by atoms with Gasteiger partial charge in [0.15, 0.2) is 6.26 Å². The van der Waals surface area contributed by atoms with Gasteiger partial charge in [-0.1, -0.05) is 12.1 Å². The molecule has 0 saturated heterocycles. The van der Waals surface area contributed by atoms with Crippen LogP contribution in [0.25, 0.3) is 11.5 Å². The van der Waals surface area contributed by atoms with Crippen LogP contribution in [0.5, 0.6) is 5.88 Å². The van der Waals surface area contributed by atoms with Crippen LogP contribution in [0.15, 0.2) is 34.9 Å². The van der Waals surface area contributed by atoms with Crippen LogP contribution in [-0.4, -0.2) is 24.2 Å². The van der Waals surface area contributed by atoms with Gasteiger partial charge in [-0.15, -0.1) is 0 Å². The zero-order valence-corrected chi connectivity index (χ0v) is 8.64. The van der Waals surface area contributed by atoms with Crippen molar-refractivity contribution < 1.29 is 9.52 Å². The lowest BCUT2D eigenvalue weighted by molar-refractivity contribution is 0.448. The third kappa shape index (κ3) is 1.79. The first-order valence-electron chi connectivity index (χ1n) is 4.59. The molecule has 0 atom stereocenters. The van der Waals surface area contributed by atoms with E-state index in [4.69, 9.17) is 9.52 Å². The number of hydrogen-bond acceptors (Lipinski definition) is 4. The highest BCUT2D eigenvalue weighted by molar-refractivity contribution is 5.73.